The molecular formula is C16H19N3O4. The van der Waals surface area contributed by atoms with Crippen molar-refractivity contribution in [2.24, 2.45) is 0 Å². The van der Waals surface area contributed by atoms with Crippen LogP contribution in [-0.4, -0.2) is 40.3 Å². The first kappa shape index (κ1) is 15.6. The topological polar surface area (TPSA) is 104 Å². The number of amides is 1. The van der Waals surface area contributed by atoms with Gasteiger partial charge in [-0.05, 0) is 38.2 Å². The number of carbonyl (C=O) groups is 2. The Bertz CT molecular complexity index is 680. The van der Waals surface area contributed by atoms with Crippen LogP contribution in [0.5, 0.6) is 0 Å². The Morgan fingerprint density at radius 1 is 1.43 bits per heavy atom. The molecule has 0 spiro atoms. The molecule has 3 rings (SSSR count). The van der Waals surface area contributed by atoms with Crippen molar-refractivity contribution in [1.29, 1.82) is 5.26 Å². The van der Waals surface area contributed by atoms with Crippen LogP contribution < -0.4 is 5.32 Å². The van der Waals surface area contributed by atoms with Crippen LogP contribution in [0, 0.1) is 11.3 Å². The number of carboxylic acids is 1. The predicted molar refractivity (Wildman–Crippen MR) is 80.0 cm³/mol. The average Bonchev–Trinajstić information content (AvgIpc) is 3.18. The van der Waals surface area contributed by atoms with E-state index >= 15 is 0 Å². The number of fused-ring (bicyclic) bond motifs is 1. The van der Waals surface area contributed by atoms with E-state index in [9.17, 15) is 20.0 Å². The van der Waals surface area contributed by atoms with E-state index in [2.05, 4.69) is 11.4 Å². The maximum Gasteiger partial charge on any atom is 0.337 e. The third-order valence-electron chi connectivity index (χ3n) is 4.63. The van der Waals surface area contributed by atoms with Gasteiger partial charge in [-0.1, -0.05) is 0 Å². The van der Waals surface area contributed by atoms with Crippen molar-refractivity contribution in [1.82, 2.24) is 9.88 Å². The Morgan fingerprint density at radius 2 is 2.26 bits per heavy atom. The van der Waals surface area contributed by atoms with Crippen LogP contribution in [-0.2, 0) is 22.5 Å². The molecule has 7 heteroatoms. The van der Waals surface area contributed by atoms with Gasteiger partial charge in [-0.25, -0.2) is 4.79 Å². The standard InChI is InChI=1S/C16H19N3O4/c17-9-11-8-13(19-6-2-1-4-12(11)19)14(20)18-10-16(15(21)22)5-3-7-23-16/h8H,1-7,10H2,(H,18,20)(H,21,22). The number of rotatable bonds is 4. The summed E-state index contributed by atoms with van der Waals surface area (Å²) in [6, 6.07) is 3.73. The number of aliphatic carboxylic acids is 1. The Morgan fingerprint density at radius 3 is 2.91 bits per heavy atom. The van der Waals surface area contributed by atoms with E-state index in [0.29, 0.717) is 37.3 Å². The molecule has 1 aromatic rings. The Hall–Kier alpha value is -2.33. The molecule has 1 aromatic heterocycles. The number of hydrogen-bond donors (Lipinski definition) is 2. The molecule has 1 unspecified atom stereocenters. The SMILES string of the molecule is N#Cc1cc(C(=O)NCC2(C(=O)O)CCCO2)n2c1CCCC2. The fourth-order valence-electron chi connectivity index (χ4n) is 3.36. The normalized spacial score (nSPS) is 23.1. The van der Waals surface area contributed by atoms with Crippen molar-refractivity contribution in [2.75, 3.05) is 13.2 Å². The lowest BCUT2D eigenvalue weighted by atomic mass is 10.0. The van der Waals surface area contributed by atoms with Crippen molar-refractivity contribution in [3.05, 3.63) is 23.0 Å². The molecule has 0 saturated carbocycles. The minimum atomic E-state index is -1.33. The van der Waals surface area contributed by atoms with Crippen molar-refractivity contribution in [3.63, 3.8) is 0 Å². The summed E-state index contributed by atoms with van der Waals surface area (Å²) in [6.07, 6.45) is 3.82. The summed E-state index contributed by atoms with van der Waals surface area (Å²) in [4.78, 5) is 23.9. The average molecular weight is 317 g/mol. The highest BCUT2D eigenvalue weighted by Gasteiger charge is 2.43. The van der Waals surface area contributed by atoms with E-state index in [-0.39, 0.29) is 12.5 Å². The summed E-state index contributed by atoms with van der Waals surface area (Å²) in [6.45, 7) is 1.03. The molecule has 0 bridgehead atoms. The zero-order chi connectivity index (χ0) is 16.4. The second-order valence-corrected chi connectivity index (χ2v) is 6.04. The Labute approximate surface area is 133 Å². The van der Waals surface area contributed by atoms with Crippen LogP contribution in [0.4, 0.5) is 0 Å². The van der Waals surface area contributed by atoms with Crippen LogP contribution in [0.3, 0.4) is 0 Å². The molecule has 122 valence electrons. The van der Waals surface area contributed by atoms with Gasteiger partial charge in [-0.2, -0.15) is 5.26 Å². The van der Waals surface area contributed by atoms with Crippen molar-refractivity contribution >= 4 is 11.9 Å². The maximum atomic E-state index is 12.5. The quantitative estimate of drug-likeness (QED) is 0.864. The smallest absolute Gasteiger partial charge is 0.337 e. The van der Waals surface area contributed by atoms with Crippen molar-refractivity contribution in [3.8, 4) is 6.07 Å². The van der Waals surface area contributed by atoms with E-state index in [0.717, 1.165) is 25.0 Å². The van der Waals surface area contributed by atoms with Crippen molar-refractivity contribution < 1.29 is 19.4 Å². The van der Waals surface area contributed by atoms with Crippen LogP contribution in [0.2, 0.25) is 0 Å². The van der Waals surface area contributed by atoms with Crippen LogP contribution in [0.1, 0.15) is 47.4 Å². The lowest BCUT2D eigenvalue weighted by molar-refractivity contribution is -0.159. The summed E-state index contributed by atoms with van der Waals surface area (Å²) in [5.41, 5.74) is 0.522. The number of carbonyl (C=O) groups excluding carboxylic acids is 1. The number of nitrogens with zero attached hydrogens (tertiary/aromatic N) is 2. The molecule has 0 radical (unpaired) electrons. The summed E-state index contributed by atoms with van der Waals surface area (Å²) in [5, 5.41) is 21.2. The lowest BCUT2D eigenvalue weighted by Crippen LogP contribution is -2.48. The van der Waals surface area contributed by atoms with Gasteiger partial charge in [0, 0.05) is 18.8 Å². The zero-order valence-corrected chi connectivity index (χ0v) is 12.8. The second kappa shape index (κ2) is 6.05. The number of hydrogen-bond acceptors (Lipinski definition) is 4. The largest absolute Gasteiger partial charge is 0.479 e. The number of carboxylic acid groups (broad SMARTS) is 1. The summed E-state index contributed by atoms with van der Waals surface area (Å²) >= 11 is 0. The second-order valence-electron chi connectivity index (χ2n) is 6.04. The van der Waals surface area contributed by atoms with E-state index in [1.807, 2.05) is 4.57 Å². The molecule has 0 aromatic carbocycles. The Balaban J connectivity index is 1.78. The molecule has 1 atom stereocenters. The van der Waals surface area contributed by atoms with Crippen LogP contribution in [0.15, 0.2) is 6.07 Å². The first-order valence-corrected chi connectivity index (χ1v) is 7.85. The molecular weight excluding hydrogens is 298 g/mol. The van der Waals surface area contributed by atoms with Gasteiger partial charge < -0.3 is 19.7 Å². The molecule has 1 amide bonds. The van der Waals surface area contributed by atoms with E-state index in [4.69, 9.17) is 4.74 Å². The number of nitrogens with one attached hydrogen (secondary N) is 1. The van der Waals surface area contributed by atoms with Crippen LogP contribution in [0.25, 0.3) is 0 Å². The van der Waals surface area contributed by atoms with E-state index in [1.54, 1.807) is 6.07 Å². The van der Waals surface area contributed by atoms with Crippen molar-refractivity contribution in [2.45, 2.75) is 44.2 Å². The van der Waals surface area contributed by atoms with E-state index in [1.165, 1.54) is 0 Å². The molecule has 1 saturated heterocycles. The highest BCUT2D eigenvalue weighted by Crippen LogP contribution is 2.26. The summed E-state index contributed by atoms with van der Waals surface area (Å²) < 4.78 is 7.23. The fraction of sp³-hybridized carbons (Fsp3) is 0.562. The zero-order valence-electron chi connectivity index (χ0n) is 12.8. The molecule has 1 fully saturated rings. The minimum absolute atomic E-state index is 0.0659. The molecule has 2 aliphatic heterocycles. The molecule has 2 N–H and O–H groups in total. The van der Waals surface area contributed by atoms with Gasteiger partial charge in [-0.15, -0.1) is 0 Å². The van der Waals surface area contributed by atoms with Gasteiger partial charge >= 0.3 is 5.97 Å². The summed E-state index contributed by atoms with van der Waals surface area (Å²) in [5.74, 6) is -1.41. The third kappa shape index (κ3) is 2.70. The van der Waals surface area contributed by atoms with Gasteiger partial charge in [0.1, 0.15) is 11.8 Å². The van der Waals surface area contributed by atoms with E-state index < -0.39 is 11.6 Å². The third-order valence-corrected chi connectivity index (χ3v) is 4.63. The van der Waals surface area contributed by atoms with Gasteiger partial charge in [0.2, 0.25) is 0 Å². The van der Waals surface area contributed by atoms with Gasteiger partial charge in [0.15, 0.2) is 5.60 Å². The Kier molecular flexibility index (Phi) is 4.09. The number of nitriles is 1. The fourth-order valence-corrected chi connectivity index (χ4v) is 3.36. The van der Waals surface area contributed by atoms with Crippen LogP contribution >= 0.6 is 0 Å². The molecule has 3 heterocycles. The molecule has 23 heavy (non-hydrogen) atoms. The maximum absolute atomic E-state index is 12.5. The van der Waals surface area contributed by atoms with Gasteiger partial charge in [0.25, 0.3) is 5.91 Å². The highest BCUT2D eigenvalue weighted by atomic mass is 16.5. The molecule has 2 aliphatic rings. The first-order chi connectivity index (χ1) is 11.1. The summed E-state index contributed by atoms with van der Waals surface area (Å²) in [7, 11) is 0. The number of aromatic nitrogens is 1. The molecule has 7 nitrogen and oxygen atoms in total. The first-order valence-electron chi connectivity index (χ1n) is 7.85. The lowest BCUT2D eigenvalue weighted by Gasteiger charge is -2.24. The predicted octanol–water partition coefficient (Wildman–Crippen LogP) is 1.06. The monoisotopic (exact) mass is 317 g/mol. The number of ether oxygens (including phenoxy) is 1. The molecule has 0 aliphatic carbocycles. The highest BCUT2D eigenvalue weighted by molar-refractivity contribution is 5.94. The van der Waals surface area contributed by atoms with Gasteiger partial charge in [-0.3, -0.25) is 4.79 Å². The minimum Gasteiger partial charge on any atom is -0.479 e. The van der Waals surface area contributed by atoms with Gasteiger partial charge in [0.05, 0.1) is 12.1 Å².